The first-order valence-electron chi connectivity index (χ1n) is 5.13. The van der Waals surface area contributed by atoms with Crippen molar-refractivity contribution in [3.05, 3.63) is 41.6 Å². The summed E-state index contributed by atoms with van der Waals surface area (Å²) in [6.45, 7) is 0. The van der Waals surface area contributed by atoms with Gasteiger partial charge in [0.1, 0.15) is 12.0 Å². The fourth-order valence-electron chi connectivity index (χ4n) is 1.56. The van der Waals surface area contributed by atoms with Crippen LogP contribution in [-0.4, -0.2) is 24.3 Å². The highest BCUT2D eigenvalue weighted by Crippen LogP contribution is 2.20. The molecule has 2 N–H and O–H groups in total. The van der Waals surface area contributed by atoms with Crippen LogP contribution in [0.4, 0.5) is 0 Å². The van der Waals surface area contributed by atoms with E-state index >= 15 is 0 Å². The first-order chi connectivity index (χ1) is 8.72. The Kier molecular flexibility index (Phi) is 2.85. The molecule has 0 atom stereocenters. The van der Waals surface area contributed by atoms with E-state index in [2.05, 4.69) is 15.2 Å². The lowest BCUT2D eigenvalue weighted by Crippen LogP contribution is -2.07. The highest BCUT2D eigenvalue weighted by molar-refractivity contribution is 7.98. The number of nitrogens with zero attached hydrogens (tertiary/aromatic N) is 5. The maximum Gasteiger partial charge on any atom is 0.209 e. The average Bonchev–Trinajstić information content (AvgIpc) is 2.92. The number of thioether (sulfide) groups is 1. The minimum Gasteiger partial charge on any atom is -0.336 e. The molecule has 92 valence electrons. The van der Waals surface area contributed by atoms with Crippen LogP contribution in [0, 0.1) is 0 Å². The molecule has 0 aliphatic heterocycles. The summed E-state index contributed by atoms with van der Waals surface area (Å²) in [6, 6.07) is 3.69. The van der Waals surface area contributed by atoms with Gasteiger partial charge in [-0.25, -0.2) is 9.66 Å². The van der Waals surface area contributed by atoms with E-state index in [0.29, 0.717) is 15.9 Å². The van der Waals surface area contributed by atoms with Crippen molar-refractivity contribution in [2.45, 2.75) is 10.9 Å². The van der Waals surface area contributed by atoms with Gasteiger partial charge in [0, 0.05) is 18.1 Å². The number of imidazole rings is 1. The van der Waals surface area contributed by atoms with Crippen LogP contribution in [-0.2, 0) is 5.75 Å². The molecule has 0 radical (unpaired) electrons. The molecular formula is C10H9ClN6S. The Hall–Kier alpha value is -1.73. The molecule has 0 aromatic carbocycles. The van der Waals surface area contributed by atoms with Crippen molar-refractivity contribution in [1.29, 1.82) is 0 Å². The molecule has 0 aliphatic carbocycles. The van der Waals surface area contributed by atoms with Crippen LogP contribution >= 0.6 is 23.4 Å². The van der Waals surface area contributed by atoms with Gasteiger partial charge in [0.05, 0.1) is 10.7 Å². The molecule has 6 nitrogen and oxygen atoms in total. The van der Waals surface area contributed by atoms with Crippen molar-refractivity contribution >= 4 is 29.0 Å². The Morgan fingerprint density at radius 3 is 3.00 bits per heavy atom. The molecule has 0 aliphatic rings. The molecule has 0 unspecified atom stereocenters. The lowest BCUT2D eigenvalue weighted by molar-refractivity contribution is 0.845. The Morgan fingerprint density at radius 1 is 1.33 bits per heavy atom. The Labute approximate surface area is 112 Å². The second kappa shape index (κ2) is 4.51. The maximum atomic E-state index is 5.92. The number of pyridine rings is 1. The SMILES string of the molecule is Nn1cnnc1SCc1cn2cc(Cl)ccc2n1. The summed E-state index contributed by atoms with van der Waals surface area (Å²) in [4.78, 5) is 4.47. The summed E-state index contributed by atoms with van der Waals surface area (Å²) in [6.07, 6.45) is 5.22. The predicted octanol–water partition coefficient (Wildman–Crippen LogP) is 1.59. The van der Waals surface area contributed by atoms with Crippen molar-refractivity contribution in [3.63, 3.8) is 0 Å². The van der Waals surface area contributed by atoms with Crippen LogP contribution < -0.4 is 5.84 Å². The Bertz CT molecular complexity index is 691. The molecule has 18 heavy (non-hydrogen) atoms. The topological polar surface area (TPSA) is 74.0 Å². The number of nitrogens with two attached hydrogens (primary N) is 1. The Balaban J connectivity index is 1.81. The van der Waals surface area contributed by atoms with Gasteiger partial charge in [0.25, 0.3) is 0 Å². The van der Waals surface area contributed by atoms with Crippen molar-refractivity contribution in [2.24, 2.45) is 0 Å². The molecule has 3 aromatic rings. The zero-order valence-electron chi connectivity index (χ0n) is 9.19. The van der Waals surface area contributed by atoms with Gasteiger partial charge < -0.3 is 10.2 Å². The molecule has 3 aromatic heterocycles. The van der Waals surface area contributed by atoms with E-state index in [9.17, 15) is 0 Å². The average molecular weight is 281 g/mol. The van der Waals surface area contributed by atoms with Crippen LogP contribution in [0.2, 0.25) is 5.02 Å². The van der Waals surface area contributed by atoms with E-state index in [4.69, 9.17) is 17.4 Å². The van der Waals surface area contributed by atoms with Crippen molar-refractivity contribution in [2.75, 3.05) is 5.84 Å². The zero-order chi connectivity index (χ0) is 12.5. The first kappa shape index (κ1) is 11.4. The first-order valence-corrected chi connectivity index (χ1v) is 6.50. The van der Waals surface area contributed by atoms with Crippen molar-refractivity contribution in [3.8, 4) is 0 Å². The zero-order valence-corrected chi connectivity index (χ0v) is 10.8. The fourth-order valence-corrected chi connectivity index (χ4v) is 2.45. The molecule has 0 bridgehead atoms. The van der Waals surface area contributed by atoms with E-state index in [1.54, 1.807) is 0 Å². The van der Waals surface area contributed by atoms with Gasteiger partial charge in [-0.2, -0.15) is 0 Å². The number of nitrogen functional groups attached to an aromatic ring is 1. The summed E-state index contributed by atoms with van der Waals surface area (Å²) >= 11 is 7.40. The number of aromatic nitrogens is 5. The van der Waals surface area contributed by atoms with E-state index in [1.807, 2.05) is 28.9 Å². The second-order valence-corrected chi connectivity index (χ2v) is 5.03. The molecular weight excluding hydrogens is 272 g/mol. The summed E-state index contributed by atoms with van der Waals surface area (Å²) < 4.78 is 3.28. The number of fused-ring (bicyclic) bond motifs is 1. The van der Waals surface area contributed by atoms with Gasteiger partial charge in [0.15, 0.2) is 0 Å². The monoisotopic (exact) mass is 280 g/mol. The normalized spacial score (nSPS) is 11.2. The molecule has 3 rings (SSSR count). The maximum absolute atomic E-state index is 5.92. The number of rotatable bonds is 3. The van der Waals surface area contributed by atoms with Gasteiger partial charge in [0.2, 0.25) is 5.16 Å². The van der Waals surface area contributed by atoms with Crippen LogP contribution in [0.25, 0.3) is 5.65 Å². The van der Waals surface area contributed by atoms with Gasteiger partial charge in [-0.3, -0.25) is 0 Å². The molecule has 0 fully saturated rings. The third-order valence-corrected chi connectivity index (χ3v) is 3.57. The minimum atomic E-state index is 0.657. The summed E-state index contributed by atoms with van der Waals surface area (Å²) in [5, 5.41) is 8.95. The molecule has 8 heteroatoms. The number of hydrogen-bond acceptors (Lipinski definition) is 5. The van der Waals surface area contributed by atoms with Crippen molar-refractivity contribution < 1.29 is 0 Å². The van der Waals surface area contributed by atoms with E-state index in [0.717, 1.165) is 11.3 Å². The second-order valence-electron chi connectivity index (χ2n) is 3.65. The van der Waals surface area contributed by atoms with Gasteiger partial charge >= 0.3 is 0 Å². The van der Waals surface area contributed by atoms with Crippen LogP contribution in [0.1, 0.15) is 5.69 Å². The summed E-state index contributed by atoms with van der Waals surface area (Å²) in [5.41, 5.74) is 1.80. The van der Waals surface area contributed by atoms with E-state index in [-0.39, 0.29) is 0 Å². The smallest absolute Gasteiger partial charge is 0.209 e. The van der Waals surface area contributed by atoms with Gasteiger partial charge in [-0.15, -0.1) is 10.2 Å². The molecule has 0 spiro atoms. The largest absolute Gasteiger partial charge is 0.336 e. The van der Waals surface area contributed by atoms with E-state index in [1.165, 1.54) is 22.8 Å². The lowest BCUT2D eigenvalue weighted by atomic mass is 10.5. The number of hydrogen-bond donors (Lipinski definition) is 1. The van der Waals surface area contributed by atoms with Crippen LogP contribution in [0.5, 0.6) is 0 Å². The Morgan fingerprint density at radius 2 is 2.22 bits per heavy atom. The van der Waals surface area contributed by atoms with Crippen LogP contribution in [0.15, 0.2) is 36.0 Å². The van der Waals surface area contributed by atoms with Crippen molar-refractivity contribution in [1.82, 2.24) is 24.3 Å². The third kappa shape index (κ3) is 2.14. The summed E-state index contributed by atoms with van der Waals surface area (Å²) in [7, 11) is 0. The molecule has 0 saturated carbocycles. The minimum absolute atomic E-state index is 0.657. The lowest BCUT2D eigenvalue weighted by Gasteiger charge is -1.96. The quantitative estimate of drug-likeness (QED) is 0.582. The molecule has 3 heterocycles. The summed E-state index contributed by atoms with van der Waals surface area (Å²) in [5.74, 6) is 6.30. The third-order valence-electron chi connectivity index (χ3n) is 2.35. The predicted molar refractivity (Wildman–Crippen MR) is 69.9 cm³/mol. The van der Waals surface area contributed by atoms with Crippen LogP contribution in [0.3, 0.4) is 0 Å². The van der Waals surface area contributed by atoms with Gasteiger partial charge in [-0.1, -0.05) is 23.4 Å². The van der Waals surface area contributed by atoms with Gasteiger partial charge in [-0.05, 0) is 12.1 Å². The van der Waals surface area contributed by atoms with E-state index < -0.39 is 0 Å². The number of halogens is 1. The fraction of sp³-hybridized carbons (Fsp3) is 0.100. The molecule has 0 saturated heterocycles. The highest BCUT2D eigenvalue weighted by atomic mass is 35.5. The molecule has 0 amide bonds. The highest BCUT2D eigenvalue weighted by Gasteiger charge is 2.06. The standard InChI is InChI=1S/C10H9ClN6S/c11-7-1-2-9-14-8(4-16(9)3-7)5-18-10-15-13-6-17(10)12/h1-4,6H,5,12H2.